The highest BCUT2D eigenvalue weighted by Gasteiger charge is 2.35. The van der Waals surface area contributed by atoms with E-state index in [2.05, 4.69) is 25.9 Å². The number of piperidine rings is 1. The van der Waals surface area contributed by atoms with Crippen LogP contribution in [0.1, 0.15) is 33.5 Å². The highest BCUT2D eigenvalue weighted by atomic mass is 32.2. The minimum atomic E-state index is -4.78. The molecule has 0 aliphatic carbocycles. The summed E-state index contributed by atoms with van der Waals surface area (Å²) in [6.07, 6.45) is -4.90. The number of nitrogens with zero attached hydrogens (tertiary/aromatic N) is 4. The second kappa shape index (κ2) is 13.7. The van der Waals surface area contributed by atoms with Crippen LogP contribution in [-0.4, -0.2) is 76.0 Å². The van der Waals surface area contributed by atoms with Crippen LogP contribution in [0.25, 0.3) is 0 Å². The fraction of sp³-hybridized carbons (Fsp3) is 0.393. The molecule has 1 aliphatic rings. The Labute approximate surface area is 254 Å². The predicted octanol–water partition coefficient (Wildman–Crippen LogP) is 4.51. The van der Waals surface area contributed by atoms with Gasteiger partial charge in [-0.2, -0.15) is 18.2 Å². The lowest BCUT2D eigenvalue weighted by Crippen LogP contribution is -2.51. The van der Waals surface area contributed by atoms with E-state index in [1.807, 2.05) is 11.9 Å². The standard InChI is InChI=1S/C28H33F4N7O4S/c1-16-5-6-18(23(11-16)39(3)44(41)42)13-33-25-19(28(30,31)32)14-34-27(37-25)36-22-8-7-17(12-24(22)43-4)26(40)35-21-9-10-38(2)15-20(21)29/h5-8,11-12,14,20-21H,9-10,13,15H2,1-4H3,(H,35,40)(H,41,42)(H2,33,34,36,37)/t20-,21+/m0/s1. The Morgan fingerprint density at radius 2 is 2.00 bits per heavy atom. The summed E-state index contributed by atoms with van der Waals surface area (Å²) < 4.78 is 83.6. The van der Waals surface area contributed by atoms with Crippen LogP contribution in [0.2, 0.25) is 0 Å². The zero-order valence-corrected chi connectivity index (χ0v) is 25.2. The topological polar surface area (TPSA) is 132 Å². The van der Waals surface area contributed by atoms with Gasteiger partial charge in [-0.3, -0.25) is 13.7 Å². The first-order chi connectivity index (χ1) is 20.8. The summed E-state index contributed by atoms with van der Waals surface area (Å²) in [5.74, 6) is -1.03. The van der Waals surface area contributed by atoms with Gasteiger partial charge in [-0.1, -0.05) is 12.1 Å². The molecule has 3 atom stereocenters. The minimum absolute atomic E-state index is 0.152. The third-order valence-electron chi connectivity index (χ3n) is 7.13. The molecule has 1 aromatic heterocycles. The summed E-state index contributed by atoms with van der Waals surface area (Å²) in [6, 6.07) is 8.74. The molecule has 1 unspecified atom stereocenters. The van der Waals surface area contributed by atoms with Crippen LogP contribution in [0.15, 0.2) is 42.6 Å². The molecule has 0 bridgehead atoms. The van der Waals surface area contributed by atoms with Crippen molar-refractivity contribution in [1.29, 1.82) is 0 Å². The summed E-state index contributed by atoms with van der Waals surface area (Å²) in [7, 11) is 4.55. The van der Waals surface area contributed by atoms with Crippen molar-refractivity contribution in [2.45, 2.75) is 38.3 Å². The van der Waals surface area contributed by atoms with Crippen molar-refractivity contribution < 1.29 is 35.9 Å². The van der Waals surface area contributed by atoms with E-state index >= 15 is 0 Å². The molecule has 44 heavy (non-hydrogen) atoms. The molecule has 0 saturated carbocycles. The molecule has 1 fully saturated rings. The van der Waals surface area contributed by atoms with Crippen LogP contribution in [-0.2, 0) is 24.0 Å². The van der Waals surface area contributed by atoms with Crippen LogP contribution in [0.3, 0.4) is 0 Å². The van der Waals surface area contributed by atoms with Gasteiger partial charge in [0, 0.05) is 38.4 Å². The van der Waals surface area contributed by atoms with Crippen molar-refractivity contribution in [1.82, 2.24) is 20.2 Å². The molecule has 238 valence electrons. The lowest BCUT2D eigenvalue weighted by Gasteiger charge is -2.32. The number of amides is 1. The molecule has 4 rings (SSSR count). The van der Waals surface area contributed by atoms with Crippen molar-refractivity contribution >= 4 is 40.3 Å². The fourth-order valence-electron chi connectivity index (χ4n) is 4.69. The number of aromatic nitrogens is 2. The average molecular weight is 640 g/mol. The van der Waals surface area contributed by atoms with Gasteiger partial charge in [0.1, 0.15) is 23.3 Å². The van der Waals surface area contributed by atoms with Crippen molar-refractivity contribution in [2.75, 3.05) is 49.2 Å². The number of halogens is 4. The first kappa shape index (κ1) is 32.9. The number of anilines is 4. The Balaban J connectivity index is 1.55. The van der Waals surface area contributed by atoms with Gasteiger partial charge in [0.05, 0.1) is 24.5 Å². The van der Waals surface area contributed by atoms with E-state index in [1.54, 1.807) is 25.1 Å². The van der Waals surface area contributed by atoms with Crippen molar-refractivity contribution in [3.8, 4) is 5.75 Å². The molecular formula is C28H33F4N7O4S. The number of ether oxygens (including phenoxy) is 1. The van der Waals surface area contributed by atoms with Crippen LogP contribution in [0, 0.1) is 6.92 Å². The van der Waals surface area contributed by atoms with Crippen LogP contribution in [0.5, 0.6) is 5.75 Å². The second-order valence-electron chi connectivity index (χ2n) is 10.4. The van der Waals surface area contributed by atoms with Gasteiger partial charge < -0.3 is 25.6 Å². The lowest BCUT2D eigenvalue weighted by molar-refractivity contribution is -0.137. The Morgan fingerprint density at radius 3 is 2.66 bits per heavy atom. The fourth-order valence-corrected chi connectivity index (χ4v) is 5.03. The third-order valence-corrected chi connectivity index (χ3v) is 7.79. The van der Waals surface area contributed by atoms with E-state index in [9.17, 15) is 31.1 Å². The monoisotopic (exact) mass is 639 g/mol. The number of alkyl halides is 4. The zero-order chi connectivity index (χ0) is 32.2. The first-order valence-electron chi connectivity index (χ1n) is 13.5. The van der Waals surface area contributed by atoms with E-state index < -0.39 is 46.9 Å². The van der Waals surface area contributed by atoms with Gasteiger partial charge >= 0.3 is 6.18 Å². The number of benzene rings is 2. The predicted molar refractivity (Wildman–Crippen MR) is 159 cm³/mol. The number of aryl methyl sites for hydroxylation is 1. The zero-order valence-electron chi connectivity index (χ0n) is 24.4. The van der Waals surface area contributed by atoms with E-state index in [1.165, 1.54) is 32.4 Å². The Bertz CT molecular complexity index is 1530. The van der Waals surface area contributed by atoms with Crippen molar-refractivity contribution in [3.63, 3.8) is 0 Å². The maximum Gasteiger partial charge on any atom is 0.421 e. The number of hydrogen-bond acceptors (Lipinski definition) is 8. The summed E-state index contributed by atoms with van der Waals surface area (Å²) in [4.78, 5) is 22.5. The quantitative estimate of drug-likeness (QED) is 0.187. The largest absolute Gasteiger partial charge is 0.495 e. The first-order valence-corrected chi connectivity index (χ1v) is 14.5. The van der Waals surface area contributed by atoms with Crippen LogP contribution >= 0.6 is 0 Å². The summed E-state index contributed by atoms with van der Waals surface area (Å²) in [6.45, 7) is 2.49. The Morgan fingerprint density at radius 1 is 1.25 bits per heavy atom. The normalized spacial score (nSPS) is 17.9. The number of rotatable bonds is 10. The molecule has 2 heterocycles. The molecule has 0 radical (unpaired) electrons. The van der Waals surface area contributed by atoms with Crippen molar-refractivity contribution in [2.24, 2.45) is 0 Å². The number of nitrogens with one attached hydrogen (secondary N) is 3. The second-order valence-corrected chi connectivity index (χ2v) is 11.4. The SMILES string of the molecule is COc1cc(C(=O)N[C@@H]2CCN(C)C[C@@H]2F)ccc1Nc1ncc(C(F)(F)F)c(NCc2ccc(C)cc2N(C)S(=O)O)n1. The Kier molecular flexibility index (Phi) is 10.3. The molecule has 4 N–H and O–H groups in total. The van der Waals surface area contributed by atoms with Gasteiger partial charge in [-0.05, 0) is 55.8 Å². The van der Waals surface area contributed by atoms with Crippen LogP contribution in [0.4, 0.5) is 40.7 Å². The number of carbonyl (C=O) groups is 1. The van der Waals surface area contributed by atoms with Gasteiger partial charge in [0.15, 0.2) is 0 Å². The number of likely N-dealkylation sites (tertiary alicyclic amines) is 1. The number of methoxy groups -OCH3 is 1. The van der Waals surface area contributed by atoms with Gasteiger partial charge in [-0.15, -0.1) is 0 Å². The number of hydrogen-bond donors (Lipinski definition) is 4. The van der Waals surface area contributed by atoms with Gasteiger partial charge in [0.25, 0.3) is 17.2 Å². The molecule has 3 aromatic rings. The highest BCUT2D eigenvalue weighted by Crippen LogP contribution is 2.35. The summed E-state index contributed by atoms with van der Waals surface area (Å²) in [5.41, 5.74) is 0.955. The molecule has 11 nitrogen and oxygen atoms in total. The molecule has 2 aromatic carbocycles. The third kappa shape index (κ3) is 7.92. The number of carbonyl (C=O) groups excluding carboxylic acids is 1. The maximum atomic E-state index is 14.4. The molecule has 16 heteroatoms. The van der Waals surface area contributed by atoms with Crippen LogP contribution < -0.4 is 25.0 Å². The minimum Gasteiger partial charge on any atom is -0.495 e. The molecule has 1 aliphatic heterocycles. The summed E-state index contributed by atoms with van der Waals surface area (Å²) in [5, 5.41) is 8.21. The van der Waals surface area contributed by atoms with Crippen molar-refractivity contribution in [3.05, 3.63) is 64.8 Å². The van der Waals surface area contributed by atoms with E-state index in [0.717, 1.165) is 9.87 Å². The molecular weight excluding hydrogens is 606 g/mol. The molecule has 0 spiro atoms. The highest BCUT2D eigenvalue weighted by molar-refractivity contribution is 7.80. The van der Waals surface area contributed by atoms with Gasteiger partial charge in [-0.25, -0.2) is 13.6 Å². The lowest BCUT2D eigenvalue weighted by atomic mass is 10.0. The van der Waals surface area contributed by atoms with E-state index in [4.69, 9.17) is 4.74 Å². The summed E-state index contributed by atoms with van der Waals surface area (Å²) >= 11 is -2.35. The molecule has 1 saturated heterocycles. The Hall–Kier alpha value is -4.02. The smallest absolute Gasteiger partial charge is 0.421 e. The van der Waals surface area contributed by atoms with Gasteiger partial charge in [0.2, 0.25) is 5.95 Å². The van der Waals surface area contributed by atoms with E-state index in [0.29, 0.717) is 30.4 Å². The average Bonchev–Trinajstić information content (AvgIpc) is 2.97. The molecule has 1 amide bonds. The van der Waals surface area contributed by atoms with E-state index in [-0.39, 0.29) is 36.0 Å². The maximum absolute atomic E-state index is 14.4.